The number of hydrogen-bond acceptors (Lipinski definition) is 5. The van der Waals surface area contributed by atoms with E-state index in [1.165, 1.54) is 23.5 Å². The summed E-state index contributed by atoms with van der Waals surface area (Å²) in [6.07, 6.45) is -1.23. The normalized spacial score (nSPS) is 11.4. The van der Waals surface area contributed by atoms with E-state index in [2.05, 4.69) is 25.3 Å². The zero-order valence-corrected chi connectivity index (χ0v) is 16.1. The van der Waals surface area contributed by atoms with Crippen LogP contribution in [0.1, 0.15) is 15.2 Å². The van der Waals surface area contributed by atoms with Gasteiger partial charge in [-0.15, -0.1) is 24.5 Å². The molecule has 1 aromatic carbocycles. The van der Waals surface area contributed by atoms with Crippen molar-refractivity contribution in [2.75, 3.05) is 10.6 Å². The van der Waals surface area contributed by atoms with Crippen molar-refractivity contribution < 1.29 is 22.7 Å². The van der Waals surface area contributed by atoms with Crippen LogP contribution in [0.15, 0.2) is 60.2 Å². The number of carbonyl (C=O) groups is 1. The van der Waals surface area contributed by atoms with Gasteiger partial charge in [0.05, 0.1) is 5.69 Å². The van der Waals surface area contributed by atoms with Gasteiger partial charge in [0.15, 0.2) is 0 Å². The molecule has 154 valence electrons. The van der Waals surface area contributed by atoms with Crippen molar-refractivity contribution >= 4 is 39.7 Å². The first-order chi connectivity index (χ1) is 14.4. The van der Waals surface area contributed by atoms with E-state index < -0.39 is 6.36 Å². The van der Waals surface area contributed by atoms with Gasteiger partial charge in [0.1, 0.15) is 16.3 Å². The van der Waals surface area contributed by atoms with Crippen molar-refractivity contribution in [3.8, 4) is 5.75 Å². The molecule has 0 aliphatic rings. The molecule has 0 saturated carbocycles. The Hall–Kier alpha value is -3.53. The van der Waals surface area contributed by atoms with Gasteiger partial charge < -0.3 is 20.4 Å². The van der Waals surface area contributed by atoms with Gasteiger partial charge in [-0.3, -0.25) is 4.79 Å². The average molecular weight is 432 g/mol. The second-order valence-corrected chi connectivity index (χ2v) is 7.17. The average Bonchev–Trinajstić information content (AvgIpc) is 3.36. The fourth-order valence-corrected chi connectivity index (χ4v) is 3.68. The molecule has 6 nitrogen and oxygen atoms in total. The molecule has 4 aromatic rings. The lowest BCUT2D eigenvalue weighted by Crippen LogP contribution is -2.17. The summed E-state index contributed by atoms with van der Waals surface area (Å²) in [5.74, 6) is -0.717. The number of carbonyl (C=O) groups excluding carboxylic acids is 1. The maximum Gasteiger partial charge on any atom is 0.573 e. The Morgan fingerprint density at radius 2 is 1.93 bits per heavy atom. The molecular weight excluding hydrogens is 417 g/mol. The van der Waals surface area contributed by atoms with E-state index >= 15 is 0 Å². The van der Waals surface area contributed by atoms with Gasteiger partial charge in [-0.25, -0.2) is 4.98 Å². The predicted octanol–water partition coefficient (Wildman–Crippen LogP) is 5.39. The topological polar surface area (TPSA) is 79.0 Å². The fourth-order valence-electron chi connectivity index (χ4n) is 2.91. The monoisotopic (exact) mass is 432 g/mol. The van der Waals surface area contributed by atoms with Crippen LogP contribution in [0.25, 0.3) is 11.0 Å². The molecule has 3 N–H and O–H groups in total. The molecule has 3 heterocycles. The number of aromatic nitrogens is 2. The maximum atomic E-state index is 12.6. The smallest absolute Gasteiger partial charge is 0.406 e. The number of rotatable bonds is 6. The summed E-state index contributed by atoms with van der Waals surface area (Å²) in [7, 11) is 0. The summed E-state index contributed by atoms with van der Waals surface area (Å²) >= 11 is 1.26. The molecule has 0 bridgehead atoms. The standard InChI is InChI=1S/C20H15F3N4O2S/c21-20(22,23)29-14-3-1-13(2-4-14)27-19(28)17-16(7-10-30-17)26-11-12-5-8-24-18-15(12)6-9-25-18/h1-10,26H,11H2,(H,24,25)(H,27,28). The maximum absolute atomic E-state index is 12.6. The molecule has 0 atom stereocenters. The molecule has 1 amide bonds. The van der Waals surface area contributed by atoms with Crippen LogP contribution in [-0.4, -0.2) is 22.2 Å². The molecular formula is C20H15F3N4O2S. The van der Waals surface area contributed by atoms with Gasteiger partial charge in [0.2, 0.25) is 0 Å². The molecule has 0 radical (unpaired) electrons. The van der Waals surface area contributed by atoms with E-state index in [-0.39, 0.29) is 11.7 Å². The number of anilines is 2. The molecule has 30 heavy (non-hydrogen) atoms. The Morgan fingerprint density at radius 3 is 2.70 bits per heavy atom. The number of H-pyrrole nitrogens is 1. The van der Waals surface area contributed by atoms with Gasteiger partial charge >= 0.3 is 6.36 Å². The first-order valence-corrected chi connectivity index (χ1v) is 9.66. The van der Waals surface area contributed by atoms with Crippen molar-refractivity contribution in [1.82, 2.24) is 9.97 Å². The Bertz CT molecular complexity index is 1170. The highest BCUT2D eigenvalue weighted by atomic mass is 32.1. The third-order valence-corrected chi connectivity index (χ3v) is 5.15. The number of amides is 1. The Morgan fingerprint density at radius 1 is 1.13 bits per heavy atom. The van der Waals surface area contributed by atoms with Crippen molar-refractivity contribution in [2.45, 2.75) is 12.9 Å². The highest BCUT2D eigenvalue weighted by Gasteiger charge is 2.31. The van der Waals surface area contributed by atoms with Crippen LogP contribution < -0.4 is 15.4 Å². The Balaban J connectivity index is 1.42. The number of hydrogen-bond donors (Lipinski definition) is 3. The summed E-state index contributed by atoms with van der Waals surface area (Å²) in [5.41, 5.74) is 2.83. The Labute approximate surface area is 172 Å². The zero-order valence-electron chi connectivity index (χ0n) is 15.3. The summed E-state index contributed by atoms with van der Waals surface area (Å²) in [4.78, 5) is 20.4. The summed E-state index contributed by atoms with van der Waals surface area (Å²) in [5, 5.41) is 8.71. The summed E-state index contributed by atoms with van der Waals surface area (Å²) in [6.45, 7) is 0.497. The number of thiophene rings is 1. The van der Waals surface area contributed by atoms with Gasteiger partial charge in [0, 0.05) is 30.0 Å². The predicted molar refractivity (Wildman–Crippen MR) is 109 cm³/mol. The lowest BCUT2D eigenvalue weighted by Gasteiger charge is -2.11. The van der Waals surface area contributed by atoms with Crippen molar-refractivity contribution in [1.29, 1.82) is 0 Å². The SMILES string of the molecule is O=C(Nc1ccc(OC(F)(F)F)cc1)c1sccc1NCc1ccnc2[nH]ccc12. The fraction of sp³-hybridized carbons (Fsp3) is 0.100. The van der Waals surface area contributed by atoms with Gasteiger partial charge in [-0.05, 0) is 53.4 Å². The van der Waals surface area contributed by atoms with Crippen LogP contribution in [0.4, 0.5) is 24.5 Å². The number of nitrogens with one attached hydrogen (secondary N) is 3. The molecule has 0 fully saturated rings. The van der Waals surface area contributed by atoms with Gasteiger partial charge in [-0.2, -0.15) is 0 Å². The van der Waals surface area contributed by atoms with Crippen molar-refractivity contribution in [3.05, 3.63) is 70.7 Å². The second-order valence-electron chi connectivity index (χ2n) is 6.25. The molecule has 0 aliphatic heterocycles. The summed E-state index contributed by atoms with van der Waals surface area (Å²) < 4.78 is 40.6. The molecule has 0 aliphatic carbocycles. The summed E-state index contributed by atoms with van der Waals surface area (Å²) in [6, 6.07) is 10.6. The van der Waals surface area contributed by atoms with E-state index in [9.17, 15) is 18.0 Å². The molecule has 10 heteroatoms. The van der Waals surface area contributed by atoms with Gasteiger partial charge in [-0.1, -0.05) is 0 Å². The molecule has 0 unspecified atom stereocenters. The van der Waals surface area contributed by atoms with Crippen LogP contribution in [0.2, 0.25) is 0 Å². The van der Waals surface area contributed by atoms with E-state index in [0.29, 0.717) is 22.8 Å². The highest BCUT2D eigenvalue weighted by Crippen LogP contribution is 2.27. The lowest BCUT2D eigenvalue weighted by molar-refractivity contribution is -0.274. The first-order valence-electron chi connectivity index (χ1n) is 8.78. The lowest BCUT2D eigenvalue weighted by atomic mass is 10.2. The third-order valence-electron chi connectivity index (χ3n) is 4.24. The molecule has 4 rings (SSSR count). The van der Waals surface area contributed by atoms with Crippen LogP contribution in [0, 0.1) is 0 Å². The number of halogens is 3. The molecule has 0 spiro atoms. The van der Waals surface area contributed by atoms with E-state index in [0.717, 1.165) is 28.7 Å². The number of alkyl halides is 3. The molecule has 0 saturated heterocycles. The molecule has 3 aromatic heterocycles. The van der Waals surface area contributed by atoms with Crippen LogP contribution >= 0.6 is 11.3 Å². The van der Waals surface area contributed by atoms with Crippen LogP contribution in [0.3, 0.4) is 0 Å². The second kappa shape index (κ2) is 8.07. The third kappa shape index (κ3) is 4.54. The minimum atomic E-state index is -4.76. The van der Waals surface area contributed by atoms with Crippen LogP contribution in [0.5, 0.6) is 5.75 Å². The number of fused-ring (bicyclic) bond motifs is 1. The van der Waals surface area contributed by atoms with E-state index in [1.807, 2.05) is 18.3 Å². The number of benzene rings is 1. The van der Waals surface area contributed by atoms with Gasteiger partial charge in [0.25, 0.3) is 5.91 Å². The first kappa shape index (κ1) is 19.8. The van der Waals surface area contributed by atoms with Crippen LogP contribution in [-0.2, 0) is 6.54 Å². The zero-order chi connectivity index (χ0) is 21.1. The Kier molecular flexibility index (Phi) is 5.32. The number of ether oxygens (including phenoxy) is 1. The largest absolute Gasteiger partial charge is 0.573 e. The van der Waals surface area contributed by atoms with E-state index in [4.69, 9.17) is 0 Å². The number of pyridine rings is 1. The number of nitrogens with zero attached hydrogens (tertiary/aromatic N) is 1. The van der Waals surface area contributed by atoms with Crippen molar-refractivity contribution in [2.24, 2.45) is 0 Å². The number of aromatic amines is 1. The highest BCUT2D eigenvalue weighted by molar-refractivity contribution is 7.12. The minimum absolute atomic E-state index is 0.354. The quantitative estimate of drug-likeness (QED) is 0.382. The van der Waals surface area contributed by atoms with E-state index in [1.54, 1.807) is 17.6 Å². The minimum Gasteiger partial charge on any atom is -0.406 e. The van der Waals surface area contributed by atoms with Crippen molar-refractivity contribution in [3.63, 3.8) is 0 Å².